The van der Waals surface area contributed by atoms with Crippen molar-refractivity contribution in [2.45, 2.75) is 23.9 Å². The maximum Gasteiger partial charge on any atom is 0.416 e. The molecule has 0 saturated carbocycles. The maximum atomic E-state index is 12.8. The first-order valence-electron chi connectivity index (χ1n) is 7.81. The fourth-order valence-electron chi connectivity index (χ4n) is 2.77. The van der Waals surface area contributed by atoms with Gasteiger partial charge in [-0.05, 0) is 55.3 Å². The number of nitrogens with one attached hydrogen (secondary N) is 1. The van der Waals surface area contributed by atoms with Crippen LogP contribution in [0.3, 0.4) is 0 Å². The molecule has 0 unspecified atom stereocenters. The number of halogens is 3. The zero-order valence-corrected chi connectivity index (χ0v) is 14.1. The molecule has 1 aliphatic heterocycles. The molecular formula is C17H17F3N2O2S. The SMILES string of the molecule is O=S(=O)(Nc1ccc(N2CCCC2)cc1)c1cccc(C(F)(F)F)c1. The summed E-state index contributed by atoms with van der Waals surface area (Å²) in [5.41, 5.74) is 0.305. The molecule has 0 amide bonds. The second-order valence-corrected chi connectivity index (χ2v) is 7.55. The highest BCUT2D eigenvalue weighted by atomic mass is 32.2. The average molecular weight is 370 g/mol. The number of hydrogen-bond acceptors (Lipinski definition) is 3. The van der Waals surface area contributed by atoms with Crippen molar-refractivity contribution < 1.29 is 21.6 Å². The zero-order chi connectivity index (χ0) is 18.1. The fraction of sp³-hybridized carbons (Fsp3) is 0.294. The highest BCUT2D eigenvalue weighted by Crippen LogP contribution is 2.31. The zero-order valence-electron chi connectivity index (χ0n) is 13.3. The predicted octanol–water partition coefficient (Wildman–Crippen LogP) is 4.11. The molecule has 2 aromatic carbocycles. The molecule has 4 nitrogen and oxygen atoms in total. The minimum Gasteiger partial charge on any atom is -0.372 e. The Morgan fingerprint density at radius 2 is 1.60 bits per heavy atom. The van der Waals surface area contributed by atoms with Crippen LogP contribution in [0.4, 0.5) is 24.5 Å². The molecule has 0 bridgehead atoms. The second-order valence-electron chi connectivity index (χ2n) is 5.87. The summed E-state index contributed by atoms with van der Waals surface area (Å²) in [7, 11) is -4.09. The number of sulfonamides is 1. The Morgan fingerprint density at radius 3 is 2.20 bits per heavy atom. The molecule has 25 heavy (non-hydrogen) atoms. The average Bonchev–Trinajstić information content (AvgIpc) is 3.09. The molecule has 0 radical (unpaired) electrons. The summed E-state index contributed by atoms with van der Waals surface area (Å²) in [5.74, 6) is 0. The van der Waals surface area contributed by atoms with Crippen LogP contribution in [0.1, 0.15) is 18.4 Å². The lowest BCUT2D eigenvalue weighted by molar-refractivity contribution is -0.137. The van der Waals surface area contributed by atoms with E-state index in [1.54, 1.807) is 24.3 Å². The van der Waals surface area contributed by atoms with Gasteiger partial charge in [0.2, 0.25) is 0 Å². The van der Waals surface area contributed by atoms with Gasteiger partial charge < -0.3 is 4.90 Å². The number of hydrogen-bond donors (Lipinski definition) is 1. The van der Waals surface area contributed by atoms with Crippen molar-refractivity contribution in [1.82, 2.24) is 0 Å². The Labute approximate surface area is 144 Å². The number of benzene rings is 2. The Kier molecular flexibility index (Phi) is 4.64. The minimum atomic E-state index is -4.59. The molecular weight excluding hydrogens is 353 g/mol. The van der Waals surface area contributed by atoms with Crippen molar-refractivity contribution in [2.24, 2.45) is 0 Å². The van der Waals surface area contributed by atoms with E-state index in [2.05, 4.69) is 9.62 Å². The van der Waals surface area contributed by atoms with E-state index in [1.807, 2.05) is 0 Å². The van der Waals surface area contributed by atoms with Crippen molar-refractivity contribution in [1.29, 1.82) is 0 Å². The quantitative estimate of drug-likeness (QED) is 0.881. The topological polar surface area (TPSA) is 49.4 Å². The molecule has 134 valence electrons. The molecule has 1 saturated heterocycles. The summed E-state index contributed by atoms with van der Waals surface area (Å²) in [4.78, 5) is 1.77. The van der Waals surface area contributed by atoms with Crippen LogP contribution in [0, 0.1) is 0 Å². The van der Waals surface area contributed by atoms with Crippen molar-refractivity contribution >= 4 is 21.4 Å². The van der Waals surface area contributed by atoms with E-state index in [-0.39, 0.29) is 0 Å². The summed E-state index contributed by atoms with van der Waals surface area (Å²) in [6.45, 7) is 1.94. The van der Waals surface area contributed by atoms with Crippen LogP contribution in [-0.2, 0) is 16.2 Å². The first-order valence-corrected chi connectivity index (χ1v) is 9.29. The third-order valence-electron chi connectivity index (χ3n) is 4.06. The molecule has 1 heterocycles. The van der Waals surface area contributed by atoms with E-state index in [1.165, 1.54) is 0 Å². The third-order valence-corrected chi connectivity index (χ3v) is 5.44. The summed E-state index contributed by atoms with van der Waals surface area (Å²) in [5, 5.41) is 0. The minimum absolute atomic E-state index is 0.306. The van der Waals surface area contributed by atoms with Gasteiger partial charge in [0, 0.05) is 24.5 Å². The van der Waals surface area contributed by atoms with E-state index in [4.69, 9.17) is 0 Å². The van der Waals surface area contributed by atoms with Crippen LogP contribution >= 0.6 is 0 Å². The van der Waals surface area contributed by atoms with Crippen LogP contribution < -0.4 is 9.62 Å². The Balaban J connectivity index is 1.79. The standard InChI is InChI=1S/C17H17F3N2O2S/c18-17(19,20)13-4-3-5-16(12-13)25(23,24)21-14-6-8-15(9-7-14)22-10-1-2-11-22/h3-9,12,21H,1-2,10-11H2. The van der Waals surface area contributed by atoms with E-state index in [9.17, 15) is 21.6 Å². The van der Waals surface area contributed by atoms with Gasteiger partial charge in [-0.15, -0.1) is 0 Å². The van der Waals surface area contributed by atoms with Crippen molar-refractivity contribution in [2.75, 3.05) is 22.7 Å². The third kappa shape index (κ3) is 4.07. The van der Waals surface area contributed by atoms with Crippen LogP contribution in [0.25, 0.3) is 0 Å². The van der Waals surface area contributed by atoms with Crippen molar-refractivity contribution in [3.05, 3.63) is 54.1 Å². The lowest BCUT2D eigenvalue weighted by Gasteiger charge is -2.18. The van der Waals surface area contributed by atoms with Gasteiger partial charge in [0.25, 0.3) is 10.0 Å². The number of alkyl halides is 3. The van der Waals surface area contributed by atoms with E-state index < -0.39 is 26.7 Å². The summed E-state index contributed by atoms with van der Waals surface area (Å²) < 4.78 is 65.2. The molecule has 1 N–H and O–H groups in total. The summed E-state index contributed by atoms with van der Waals surface area (Å²) in [6.07, 6.45) is -2.34. The lowest BCUT2D eigenvalue weighted by atomic mass is 10.2. The van der Waals surface area contributed by atoms with Gasteiger partial charge in [-0.25, -0.2) is 8.42 Å². The van der Waals surface area contributed by atoms with E-state index in [0.717, 1.165) is 49.8 Å². The van der Waals surface area contributed by atoms with Crippen LogP contribution in [0.15, 0.2) is 53.4 Å². The monoisotopic (exact) mass is 370 g/mol. The van der Waals surface area contributed by atoms with Crippen LogP contribution in [0.5, 0.6) is 0 Å². The Hall–Kier alpha value is -2.22. The van der Waals surface area contributed by atoms with E-state index in [0.29, 0.717) is 11.8 Å². The first kappa shape index (κ1) is 17.6. The van der Waals surface area contributed by atoms with Gasteiger partial charge in [0.1, 0.15) is 0 Å². The fourth-order valence-corrected chi connectivity index (χ4v) is 3.87. The van der Waals surface area contributed by atoms with Gasteiger partial charge in [-0.2, -0.15) is 13.2 Å². The Morgan fingerprint density at radius 1 is 0.960 bits per heavy atom. The first-order chi connectivity index (χ1) is 11.8. The summed E-state index contributed by atoms with van der Waals surface area (Å²) in [6, 6.07) is 10.5. The van der Waals surface area contributed by atoms with Gasteiger partial charge in [0.15, 0.2) is 0 Å². The van der Waals surface area contributed by atoms with Crippen LogP contribution in [0.2, 0.25) is 0 Å². The Bertz CT molecular complexity index is 843. The molecule has 1 aliphatic rings. The van der Waals surface area contributed by atoms with Crippen molar-refractivity contribution in [3.63, 3.8) is 0 Å². The smallest absolute Gasteiger partial charge is 0.372 e. The largest absolute Gasteiger partial charge is 0.416 e. The van der Waals surface area contributed by atoms with Gasteiger partial charge >= 0.3 is 6.18 Å². The van der Waals surface area contributed by atoms with Gasteiger partial charge in [0.05, 0.1) is 10.5 Å². The molecule has 2 aromatic rings. The van der Waals surface area contributed by atoms with Gasteiger partial charge in [-0.3, -0.25) is 4.72 Å². The molecule has 1 fully saturated rings. The molecule has 0 aromatic heterocycles. The number of nitrogens with zero attached hydrogens (tertiary/aromatic N) is 1. The normalized spacial score (nSPS) is 15.4. The molecule has 8 heteroatoms. The van der Waals surface area contributed by atoms with Gasteiger partial charge in [-0.1, -0.05) is 6.07 Å². The van der Waals surface area contributed by atoms with E-state index >= 15 is 0 Å². The maximum absolute atomic E-state index is 12.8. The van der Waals surface area contributed by atoms with Crippen molar-refractivity contribution in [3.8, 4) is 0 Å². The molecule has 0 atom stereocenters. The van der Waals surface area contributed by atoms with Crippen LogP contribution in [-0.4, -0.2) is 21.5 Å². The molecule has 0 spiro atoms. The molecule has 0 aliphatic carbocycles. The number of rotatable bonds is 4. The second kappa shape index (κ2) is 6.59. The molecule has 3 rings (SSSR count). The predicted molar refractivity (Wildman–Crippen MR) is 90.1 cm³/mol. The lowest BCUT2D eigenvalue weighted by Crippen LogP contribution is -2.18. The highest BCUT2D eigenvalue weighted by molar-refractivity contribution is 7.92. The number of anilines is 2. The highest BCUT2D eigenvalue weighted by Gasteiger charge is 2.31. The summed E-state index contributed by atoms with van der Waals surface area (Å²) >= 11 is 0.